The average Bonchev–Trinajstić information content (AvgIpc) is 2.23. The lowest BCUT2D eigenvalue weighted by Crippen LogP contribution is -2.19. The van der Waals surface area contributed by atoms with Gasteiger partial charge in [-0.05, 0) is 24.3 Å². The highest BCUT2D eigenvalue weighted by Gasteiger charge is 2.04. The SMILES string of the molecule is Oc1ccc(NC2=NCCSC2)cc1. The van der Waals surface area contributed by atoms with E-state index in [-0.39, 0.29) is 5.75 Å². The number of rotatable bonds is 1. The van der Waals surface area contributed by atoms with Crippen molar-refractivity contribution in [2.24, 2.45) is 4.99 Å². The first-order valence-corrected chi connectivity index (χ1v) is 5.67. The molecule has 0 radical (unpaired) electrons. The predicted octanol–water partition coefficient (Wildman–Crippen LogP) is 1.95. The minimum Gasteiger partial charge on any atom is -0.508 e. The van der Waals surface area contributed by atoms with Gasteiger partial charge in [-0.25, -0.2) is 0 Å². The topological polar surface area (TPSA) is 44.6 Å². The van der Waals surface area contributed by atoms with Gasteiger partial charge in [0, 0.05) is 11.4 Å². The van der Waals surface area contributed by atoms with E-state index in [0.717, 1.165) is 29.6 Å². The number of aromatic hydroxyl groups is 1. The summed E-state index contributed by atoms with van der Waals surface area (Å²) in [6, 6.07) is 7.02. The van der Waals surface area contributed by atoms with Gasteiger partial charge in [-0.1, -0.05) is 0 Å². The number of nitrogens with zero attached hydrogens (tertiary/aromatic N) is 1. The van der Waals surface area contributed by atoms with Gasteiger partial charge < -0.3 is 10.4 Å². The van der Waals surface area contributed by atoms with E-state index in [1.807, 2.05) is 23.9 Å². The molecule has 14 heavy (non-hydrogen) atoms. The highest BCUT2D eigenvalue weighted by atomic mass is 32.2. The maximum Gasteiger partial charge on any atom is 0.115 e. The van der Waals surface area contributed by atoms with Crippen molar-refractivity contribution in [3.8, 4) is 5.75 Å². The second-order valence-electron chi connectivity index (χ2n) is 3.05. The van der Waals surface area contributed by atoms with E-state index in [1.54, 1.807) is 12.1 Å². The van der Waals surface area contributed by atoms with E-state index in [0.29, 0.717) is 0 Å². The molecule has 0 aromatic heterocycles. The quantitative estimate of drug-likeness (QED) is 0.693. The zero-order valence-corrected chi connectivity index (χ0v) is 8.55. The molecule has 4 heteroatoms. The summed E-state index contributed by atoms with van der Waals surface area (Å²) in [5, 5.41) is 12.3. The summed E-state index contributed by atoms with van der Waals surface area (Å²) >= 11 is 1.88. The van der Waals surface area contributed by atoms with Crippen LogP contribution in [0.15, 0.2) is 29.3 Å². The van der Waals surface area contributed by atoms with E-state index in [4.69, 9.17) is 5.11 Å². The average molecular weight is 208 g/mol. The Morgan fingerprint density at radius 1 is 1.29 bits per heavy atom. The van der Waals surface area contributed by atoms with Gasteiger partial charge in [-0.3, -0.25) is 4.99 Å². The molecule has 0 unspecified atom stereocenters. The standard InChI is InChI=1S/C10H12N2OS/c13-9-3-1-8(2-4-9)12-10-7-14-6-5-11-10/h1-4,13H,5-7H2,(H,11,12). The van der Waals surface area contributed by atoms with Gasteiger partial charge >= 0.3 is 0 Å². The molecule has 2 N–H and O–H groups in total. The molecule has 2 rings (SSSR count). The van der Waals surface area contributed by atoms with Crippen molar-refractivity contribution in [2.45, 2.75) is 0 Å². The number of amidine groups is 1. The lowest BCUT2D eigenvalue weighted by atomic mass is 10.3. The number of phenolic OH excluding ortho intramolecular Hbond substituents is 1. The van der Waals surface area contributed by atoms with Crippen LogP contribution in [0.25, 0.3) is 0 Å². The van der Waals surface area contributed by atoms with E-state index in [2.05, 4.69) is 10.3 Å². The summed E-state index contributed by atoms with van der Waals surface area (Å²) in [5.41, 5.74) is 0.976. The third kappa shape index (κ3) is 2.42. The Bertz CT molecular complexity index is 334. The number of aliphatic imine (C=N–C) groups is 1. The van der Waals surface area contributed by atoms with E-state index < -0.39 is 0 Å². The molecular formula is C10H12N2OS. The minimum absolute atomic E-state index is 0.288. The predicted molar refractivity (Wildman–Crippen MR) is 61.4 cm³/mol. The molecule has 0 atom stereocenters. The van der Waals surface area contributed by atoms with Crippen molar-refractivity contribution in [3.05, 3.63) is 24.3 Å². The van der Waals surface area contributed by atoms with Crippen LogP contribution in [0.1, 0.15) is 0 Å². The van der Waals surface area contributed by atoms with E-state index >= 15 is 0 Å². The van der Waals surface area contributed by atoms with Crippen molar-refractivity contribution in [1.82, 2.24) is 0 Å². The van der Waals surface area contributed by atoms with Gasteiger partial charge in [-0.15, -0.1) is 0 Å². The van der Waals surface area contributed by atoms with Gasteiger partial charge in [0.05, 0.1) is 12.3 Å². The van der Waals surface area contributed by atoms with Gasteiger partial charge in [0.2, 0.25) is 0 Å². The third-order valence-electron chi connectivity index (χ3n) is 1.93. The van der Waals surface area contributed by atoms with Crippen molar-refractivity contribution in [2.75, 3.05) is 23.4 Å². The molecule has 0 saturated carbocycles. The van der Waals surface area contributed by atoms with Crippen LogP contribution in [0.2, 0.25) is 0 Å². The number of thioether (sulfide) groups is 1. The Morgan fingerprint density at radius 2 is 2.07 bits per heavy atom. The molecule has 1 heterocycles. The number of hydrogen-bond donors (Lipinski definition) is 2. The van der Waals surface area contributed by atoms with Crippen LogP contribution in [-0.4, -0.2) is 29.0 Å². The van der Waals surface area contributed by atoms with Crippen LogP contribution in [-0.2, 0) is 0 Å². The van der Waals surface area contributed by atoms with Gasteiger partial charge in [0.1, 0.15) is 11.6 Å². The first-order valence-electron chi connectivity index (χ1n) is 4.52. The zero-order chi connectivity index (χ0) is 9.80. The van der Waals surface area contributed by atoms with Crippen molar-refractivity contribution in [1.29, 1.82) is 0 Å². The number of phenols is 1. The third-order valence-corrected chi connectivity index (χ3v) is 2.88. The Hall–Kier alpha value is -1.16. The first kappa shape index (κ1) is 9.40. The Labute approximate surface area is 87.2 Å². The number of nitrogens with one attached hydrogen (secondary N) is 1. The second kappa shape index (κ2) is 4.37. The molecular weight excluding hydrogens is 196 g/mol. The molecule has 1 aliphatic rings. The Balaban J connectivity index is 2.03. The van der Waals surface area contributed by atoms with Crippen molar-refractivity contribution in [3.63, 3.8) is 0 Å². The van der Waals surface area contributed by atoms with Crippen LogP contribution < -0.4 is 5.32 Å². The summed E-state index contributed by atoms with van der Waals surface area (Å²) in [6.45, 7) is 0.894. The van der Waals surface area contributed by atoms with Gasteiger partial charge in [0.25, 0.3) is 0 Å². The molecule has 0 amide bonds. The molecule has 0 fully saturated rings. The van der Waals surface area contributed by atoms with Crippen molar-refractivity contribution < 1.29 is 5.11 Å². The van der Waals surface area contributed by atoms with Crippen LogP contribution in [0.5, 0.6) is 5.75 Å². The highest BCUT2D eigenvalue weighted by Crippen LogP contribution is 2.15. The smallest absolute Gasteiger partial charge is 0.115 e. The fourth-order valence-corrected chi connectivity index (χ4v) is 1.97. The van der Waals surface area contributed by atoms with Crippen LogP contribution in [0, 0.1) is 0 Å². The minimum atomic E-state index is 0.288. The summed E-state index contributed by atoms with van der Waals surface area (Å²) < 4.78 is 0. The van der Waals surface area contributed by atoms with Gasteiger partial charge in [-0.2, -0.15) is 11.8 Å². The zero-order valence-electron chi connectivity index (χ0n) is 7.73. The summed E-state index contributed by atoms with van der Waals surface area (Å²) in [4.78, 5) is 4.37. The molecule has 74 valence electrons. The molecule has 3 nitrogen and oxygen atoms in total. The van der Waals surface area contributed by atoms with Crippen LogP contribution in [0.4, 0.5) is 5.69 Å². The molecule has 0 saturated heterocycles. The summed E-state index contributed by atoms with van der Waals surface area (Å²) in [5.74, 6) is 3.36. The first-order chi connectivity index (χ1) is 6.84. The summed E-state index contributed by atoms with van der Waals surface area (Å²) in [7, 11) is 0. The molecule has 1 aromatic rings. The molecule has 1 aliphatic heterocycles. The lowest BCUT2D eigenvalue weighted by molar-refractivity contribution is 0.475. The van der Waals surface area contributed by atoms with Crippen molar-refractivity contribution >= 4 is 23.3 Å². The van der Waals surface area contributed by atoms with E-state index in [9.17, 15) is 0 Å². The molecule has 0 aliphatic carbocycles. The fourth-order valence-electron chi connectivity index (χ4n) is 1.25. The normalized spacial score (nSPS) is 16.1. The number of benzene rings is 1. The molecule has 1 aromatic carbocycles. The second-order valence-corrected chi connectivity index (χ2v) is 4.16. The van der Waals surface area contributed by atoms with Gasteiger partial charge in [0.15, 0.2) is 0 Å². The maximum atomic E-state index is 9.10. The number of hydrogen-bond acceptors (Lipinski definition) is 4. The van der Waals surface area contributed by atoms with E-state index in [1.165, 1.54) is 0 Å². The Kier molecular flexibility index (Phi) is 2.93. The van der Waals surface area contributed by atoms with Crippen LogP contribution in [0.3, 0.4) is 0 Å². The van der Waals surface area contributed by atoms with Crippen LogP contribution >= 0.6 is 11.8 Å². The summed E-state index contributed by atoms with van der Waals surface area (Å²) in [6.07, 6.45) is 0. The maximum absolute atomic E-state index is 9.10. The molecule has 0 bridgehead atoms. The lowest BCUT2D eigenvalue weighted by Gasteiger charge is -2.13. The largest absolute Gasteiger partial charge is 0.508 e. The Morgan fingerprint density at radius 3 is 2.71 bits per heavy atom. The number of anilines is 1. The monoisotopic (exact) mass is 208 g/mol. The highest BCUT2D eigenvalue weighted by molar-refractivity contribution is 8.00. The fraction of sp³-hybridized carbons (Fsp3) is 0.300. The molecule has 0 spiro atoms.